The summed E-state index contributed by atoms with van der Waals surface area (Å²) in [5.74, 6) is -0.408. The number of rotatable bonds is 7. The van der Waals surface area contributed by atoms with Crippen LogP contribution in [0.25, 0.3) is 0 Å². The minimum atomic E-state index is -0.470. The summed E-state index contributed by atoms with van der Waals surface area (Å²) < 4.78 is 5.13. The molecular weight excluding hydrogens is 156 g/mol. The average molecular weight is 174 g/mol. The molecule has 0 aromatic carbocycles. The third kappa shape index (κ3) is 6.12. The molecule has 0 aliphatic carbocycles. The van der Waals surface area contributed by atoms with Crippen molar-refractivity contribution in [3.8, 4) is 0 Å². The van der Waals surface area contributed by atoms with Crippen LogP contribution in [-0.4, -0.2) is 25.2 Å². The van der Waals surface area contributed by atoms with E-state index in [4.69, 9.17) is 16.2 Å². The van der Waals surface area contributed by atoms with Crippen LogP contribution in [0.1, 0.15) is 26.2 Å². The molecule has 1 unspecified atom stereocenters. The van der Waals surface area contributed by atoms with Crippen molar-refractivity contribution >= 4 is 5.91 Å². The molecular formula is C8H18N2O2. The molecule has 0 saturated carbocycles. The summed E-state index contributed by atoms with van der Waals surface area (Å²) in [6.45, 7) is 2.96. The highest BCUT2D eigenvalue weighted by atomic mass is 16.5. The maximum atomic E-state index is 10.5. The Morgan fingerprint density at radius 1 is 1.42 bits per heavy atom. The molecule has 1 atom stereocenters. The minimum absolute atomic E-state index is 0.408. The van der Waals surface area contributed by atoms with E-state index < -0.39 is 12.0 Å². The Balaban J connectivity index is 3.14. The van der Waals surface area contributed by atoms with Gasteiger partial charge in [0.25, 0.3) is 0 Å². The van der Waals surface area contributed by atoms with E-state index in [0.29, 0.717) is 13.2 Å². The fourth-order valence-electron chi connectivity index (χ4n) is 0.765. The Bertz CT molecular complexity index is 128. The zero-order valence-corrected chi connectivity index (χ0v) is 7.58. The first-order valence-electron chi connectivity index (χ1n) is 4.29. The zero-order chi connectivity index (χ0) is 9.40. The molecule has 0 fully saturated rings. The summed E-state index contributed by atoms with van der Waals surface area (Å²) in [5, 5.41) is 0. The zero-order valence-electron chi connectivity index (χ0n) is 7.58. The van der Waals surface area contributed by atoms with Crippen molar-refractivity contribution in [3.05, 3.63) is 0 Å². The van der Waals surface area contributed by atoms with Crippen molar-refractivity contribution in [3.63, 3.8) is 0 Å². The van der Waals surface area contributed by atoms with Crippen molar-refractivity contribution in [1.82, 2.24) is 0 Å². The van der Waals surface area contributed by atoms with Gasteiger partial charge in [-0.1, -0.05) is 0 Å². The summed E-state index contributed by atoms with van der Waals surface area (Å²) in [7, 11) is 0. The molecule has 12 heavy (non-hydrogen) atoms. The van der Waals surface area contributed by atoms with Gasteiger partial charge in [-0.05, 0) is 32.7 Å². The monoisotopic (exact) mass is 174 g/mol. The Labute approximate surface area is 73.2 Å². The molecule has 1 amide bonds. The van der Waals surface area contributed by atoms with Gasteiger partial charge in [0.1, 0.15) is 6.10 Å². The number of hydrogen-bond donors (Lipinski definition) is 2. The maximum Gasteiger partial charge on any atom is 0.246 e. The SMILES string of the molecule is CC(OCCCCCN)C(N)=O. The van der Waals surface area contributed by atoms with E-state index in [-0.39, 0.29) is 0 Å². The third-order valence-electron chi connectivity index (χ3n) is 1.62. The first-order chi connectivity index (χ1) is 5.68. The van der Waals surface area contributed by atoms with E-state index in [9.17, 15) is 4.79 Å². The van der Waals surface area contributed by atoms with E-state index >= 15 is 0 Å². The molecule has 0 rings (SSSR count). The van der Waals surface area contributed by atoms with Crippen molar-refractivity contribution < 1.29 is 9.53 Å². The van der Waals surface area contributed by atoms with Gasteiger partial charge in [0, 0.05) is 6.61 Å². The van der Waals surface area contributed by atoms with E-state index in [1.54, 1.807) is 6.92 Å². The number of carbonyl (C=O) groups is 1. The van der Waals surface area contributed by atoms with Crippen LogP contribution in [0.3, 0.4) is 0 Å². The van der Waals surface area contributed by atoms with Crippen molar-refractivity contribution in [2.45, 2.75) is 32.3 Å². The molecule has 0 aliphatic rings. The number of ether oxygens (including phenoxy) is 1. The number of hydrogen-bond acceptors (Lipinski definition) is 3. The van der Waals surface area contributed by atoms with Gasteiger partial charge in [-0.3, -0.25) is 4.79 Å². The number of nitrogens with two attached hydrogens (primary N) is 2. The third-order valence-corrected chi connectivity index (χ3v) is 1.62. The summed E-state index contributed by atoms with van der Waals surface area (Å²) in [5.41, 5.74) is 10.3. The molecule has 4 heteroatoms. The molecule has 72 valence electrons. The molecule has 0 radical (unpaired) electrons. The predicted octanol–water partition coefficient (Wildman–Crippen LogP) is 0.00580. The molecule has 0 aliphatic heterocycles. The van der Waals surface area contributed by atoms with E-state index in [0.717, 1.165) is 19.3 Å². The molecule has 0 spiro atoms. The molecule has 4 N–H and O–H groups in total. The minimum Gasteiger partial charge on any atom is -0.369 e. The second kappa shape index (κ2) is 7.06. The van der Waals surface area contributed by atoms with Crippen molar-refractivity contribution in [2.75, 3.05) is 13.2 Å². The van der Waals surface area contributed by atoms with Gasteiger partial charge in [-0.2, -0.15) is 0 Å². The Morgan fingerprint density at radius 2 is 2.08 bits per heavy atom. The lowest BCUT2D eigenvalue weighted by Gasteiger charge is -2.08. The molecule has 4 nitrogen and oxygen atoms in total. The lowest BCUT2D eigenvalue weighted by atomic mass is 10.2. The van der Waals surface area contributed by atoms with Crippen LogP contribution in [0, 0.1) is 0 Å². The highest BCUT2D eigenvalue weighted by molar-refractivity contribution is 5.78. The van der Waals surface area contributed by atoms with Crippen LogP contribution in [-0.2, 0) is 9.53 Å². The van der Waals surface area contributed by atoms with Gasteiger partial charge in [0.2, 0.25) is 5.91 Å². The number of carbonyl (C=O) groups excluding carboxylic acids is 1. The Morgan fingerprint density at radius 3 is 2.58 bits per heavy atom. The van der Waals surface area contributed by atoms with Crippen molar-refractivity contribution in [2.24, 2.45) is 11.5 Å². The van der Waals surface area contributed by atoms with Crippen LogP contribution in [0.5, 0.6) is 0 Å². The summed E-state index contributed by atoms with van der Waals surface area (Å²) >= 11 is 0. The highest BCUT2D eigenvalue weighted by Gasteiger charge is 2.06. The van der Waals surface area contributed by atoms with Gasteiger partial charge in [0.05, 0.1) is 0 Å². The summed E-state index contributed by atoms with van der Waals surface area (Å²) in [6.07, 6.45) is 2.52. The van der Waals surface area contributed by atoms with Crippen molar-refractivity contribution in [1.29, 1.82) is 0 Å². The molecule has 0 heterocycles. The standard InChI is InChI=1S/C8H18N2O2/c1-7(8(10)11)12-6-4-2-3-5-9/h7H,2-6,9H2,1H3,(H2,10,11). The van der Waals surface area contributed by atoms with Gasteiger partial charge in [0.15, 0.2) is 0 Å². The normalized spacial score (nSPS) is 12.8. The second-order valence-corrected chi connectivity index (χ2v) is 2.76. The van der Waals surface area contributed by atoms with Gasteiger partial charge < -0.3 is 16.2 Å². The van der Waals surface area contributed by atoms with Crippen LogP contribution in [0.4, 0.5) is 0 Å². The fraction of sp³-hybridized carbons (Fsp3) is 0.875. The molecule has 0 aromatic rings. The predicted molar refractivity (Wildman–Crippen MR) is 47.5 cm³/mol. The average Bonchev–Trinajstić information content (AvgIpc) is 2.03. The van der Waals surface area contributed by atoms with Gasteiger partial charge in [-0.15, -0.1) is 0 Å². The quantitative estimate of drug-likeness (QED) is 0.533. The lowest BCUT2D eigenvalue weighted by Crippen LogP contribution is -2.28. The summed E-state index contributed by atoms with van der Waals surface area (Å²) in [4.78, 5) is 10.5. The summed E-state index contributed by atoms with van der Waals surface area (Å²) in [6, 6.07) is 0. The van der Waals surface area contributed by atoms with Gasteiger partial charge in [-0.25, -0.2) is 0 Å². The largest absolute Gasteiger partial charge is 0.369 e. The first kappa shape index (κ1) is 11.4. The smallest absolute Gasteiger partial charge is 0.246 e. The van der Waals surface area contributed by atoms with Crippen LogP contribution >= 0.6 is 0 Å². The van der Waals surface area contributed by atoms with Crippen LogP contribution < -0.4 is 11.5 Å². The number of amides is 1. The number of unbranched alkanes of at least 4 members (excludes halogenated alkanes) is 2. The van der Waals surface area contributed by atoms with Crippen LogP contribution in [0.2, 0.25) is 0 Å². The second-order valence-electron chi connectivity index (χ2n) is 2.76. The Hall–Kier alpha value is -0.610. The topological polar surface area (TPSA) is 78.3 Å². The first-order valence-corrected chi connectivity index (χ1v) is 4.29. The van der Waals surface area contributed by atoms with Crippen LogP contribution in [0.15, 0.2) is 0 Å². The molecule has 0 bridgehead atoms. The maximum absolute atomic E-state index is 10.5. The van der Waals surface area contributed by atoms with E-state index in [1.807, 2.05) is 0 Å². The van der Waals surface area contributed by atoms with E-state index in [1.165, 1.54) is 0 Å². The molecule has 0 saturated heterocycles. The highest BCUT2D eigenvalue weighted by Crippen LogP contribution is 1.96. The number of primary amides is 1. The Kier molecular flexibility index (Phi) is 6.70. The van der Waals surface area contributed by atoms with Gasteiger partial charge >= 0.3 is 0 Å². The fourth-order valence-corrected chi connectivity index (χ4v) is 0.765. The lowest BCUT2D eigenvalue weighted by molar-refractivity contribution is -0.128. The molecule has 0 aromatic heterocycles. The van der Waals surface area contributed by atoms with E-state index in [2.05, 4.69) is 0 Å².